The third-order valence-corrected chi connectivity index (χ3v) is 5.56. The monoisotopic (exact) mass is 450 g/mol. The summed E-state index contributed by atoms with van der Waals surface area (Å²) in [6.07, 6.45) is -2.20. The van der Waals surface area contributed by atoms with Crippen LogP contribution in [0.15, 0.2) is 24.3 Å². The average molecular weight is 451 g/mol. The quantitative estimate of drug-likeness (QED) is 0.580. The van der Waals surface area contributed by atoms with E-state index in [9.17, 15) is 18.0 Å². The van der Waals surface area contributed by atoms with Gasteiger partial charge < -0.3 is 20.5 Å². The molecule has 0 aromatic heterocycles. The molecule has 1 aromatic rings. The summed E-state index contributed by atoms with van der Waals surface area (Å²) in [5.41, 5.74) is 8.61. The lowest BCUT2D eigenvalue weighted by Gasteiger charge is -2.42. The molecule has 2 rings (SSSR count). The highest BCUT2D eigenvalue weighted by Crippen LogP contribution is 2.36. The normalized spacial score (nSPS) is 17.0. The van der Waals surface area contributed by atoms with E-state index >= 15 is 0 Å². The molecule has 1 aliphatic rings. The fourth-order valence-electron chi connectivity index (χ4n) is 3.40. The number of carbonyl (C=O) groups is 2. The van der Waals surface area contributed by atoms with E-state index in [1.54, 1.807) is 7.11 Å². The number of aryl methyl sites for hydroxylation is 1. The molecule has 30 heavy (non-hydrogen) atoms. The summed E-state index contributed by atoms with van der Waals surface area (Å²) < 4.78 is 37.3. The van der Waals surface area contributed by atoms with E-state index < -0.39 is 18.2 Å². The van der Waals surface area contributed by atoms with E-state index in [1.807, 2.05) is 4.90 Å². The first-order valence-electron chi connectivity index (χ1n) is 9.44. The highest BCUT2D eigenvalue weighted by Gasteiger charge is 2.38. The Labute approximate surface area is 180 Å². The lowest BCUT2D eigenvalue weighted by molar-refractivity contribution is -0.192. The van der Waals surface area contributed by atoms with Crippen molar-refractivity contribution in [2.24, 2.45) is 11.1 Å². The number of carboxylic acids is 1. The number of halogens is 3. The predicted molar refractivity (Wildman–Crippen MR) is 111 cm³/mol. The fraction of sp³-hybridized carbons (Fsp3) is 0.600. The summed E-state index contributed by atoms with van der Waals surface area (Å²) in [6.45, 7) is 4.37. The molecule has 1 saturated heterocycles. The van der Waals surface area contributed by atoms with E-state index in [2.05, 4.69) is 43.8 Å². The van der Waals surface area contributed by atoms with Gasteiger partial charge in [-0.15, -0.1) is 0 Å². The van der Waals surface area contributed by atoms with Gasteiger partial charge in [0, 0.05) is 31.4 Å². The van der Waals surface area contributed by atoms with Crippen molar-refractivity contribution >= 4 is 24.5 Å². The topological polar surface area (TPSA) is 92.9 Å². The predicted octanol–water partition coefficient (Wildman–Crippen LogP) is 2.68. The van der Waals surface area contributed by atoms with Gasteiger partial charge in [-0.3, -0.25) is 4.79 Å². The summed E-state index contributed by atoms with van der Waals surface area (Å²) in [6, 6.07) is 8.01. The maximum Gasteiger partial charge on any atom is 0.490 e. The van der Waals surface area contributed by atoms with Crippen molar-refractivity contribution in [3.63, 3.8) is 0 Å². The molecule has 1 fully saturated rings. The van der Waals surface area contributed by atoms with Gasteiger partial charge in [0.15, 0.2) is 0 Å². The molecule has 0 bridgehead atoms. The van der Waals surface area contributed by atoms with Gasteiger partial charge >= 0.3 is 12.1 Å². The minimum atomic E-state index is -5.08. The number of hydrogen-bond donors (Lipinski definition) is 3. The van der Waals surface area contributed by atoms with Crippen molar-refractivity contribution in [2.45, 2.75) is 38.4 Å². The van der Waals surface area contributed by atoms with Crippen LogP contribution in [0.3, 0.4) is 0 Å². The first-order valence-corrected chi connectivity index (χ1v) is 10.1. The number of carboxylic acid groups (broad SMARTS) is 1. The van der Waals surface area contributed by atoms with Gasteiger partial charge in [-0.05, 0) is 37.3 Å². The molecule has 10 heteroatoms. The number of alkyl halides is 3. The number of thiol groups is 1. The number of nitrogens with two attached hydrogens (primary N) is 1. The summed E-state index contributed by atoms with van der Waals surface area (Å²) in [5, 5.41) is 7.12. The Kier molecular flexibility index (Phi) is 10.1. The molecule has 0 radical (unpaired) electrons. The van der Waals surface area contributed by atoms with Crippen molar-refractivity contribution in [1.29, 1.82) is 0 Å². The molecule has 1 aliphatic heterocycles. The van der Waals surface area contributed by atoms with Gasteiger partial charge in [-0.25, -0.2) is 4.79 Å². The van der Waals surface area contributed by atoms with Crippen LogP contribution in [0.25, 0.3) is 0 Å². The summed E-state index contributed by atoms with van der Waals surface area (Å²) in [4.78, 5) is 23.0. The zero-order chi connectivity index (χ0) is 22.9. The van der Waals surface area contributed by atoms with Crippen LogP contribution in [-0.2, 0) is 20.7 Å². The third-order valence-electron chi connectivity index (χ3n) is 5.17. The lowest BCUT2D eigenvalue weighted by atomic mass is 9.73. The zero-order valence-corrected chi connectivity index (χ0v) is 18.0. The van der Waals surface area contributed by atoms with E-state index in [0.717, 1.165) is 39.0 Å². The van der Waals surface area contributed by atoms with Crippen molar-refractivity contribution < 1.29 is 32.6 Å². The highest BCUT2D eigenvalue weighted by atomic mass is 32.1. The van der Waals surface area contributed by atoms with Crippen molar-refractivity contribution in [1.82, 2.24) is 4.90 Å². The molecule has 1 heterocycles. The second-order valence-electron chi connectivity index (χ2n) is 7.45. The van der Waals surface area contributed by atoms with Crippen LogP contribution in [0.4, 0.5) is 13.2 Å². The van der Waals surface area contributed by atoms with Crippen LogP contribution < -0.4 is 5.73 Å². The molecular formula is C20H29F3N2O4S. The first-order chi connectivity index (χ1) is 14.0. The van der Waals surface area contributed by atoms with Gasteiger partial charge in [-0.1, -0.05) is 24.3 Å². The second kappa shape index (κ2) is 11.6. The van der Waals surface area contributed by atoms with Gasteiger partial charge in [-0.2, -0.15) is 25.8 Å². The maximum absolute atomic E-state index is 12.2. The zero-order valence-electron chi connectivity index (χ0n) is 17.1. The van der Waals surface area contributed by atoms with Gasteiger partial charge in [0.2, 0.25) is 5.91 Å². The van der Waals surface area contributed by atoms with Crippen molar-refractivity contribution in [3.05, 3.63) is 35.4 Å². The number of rotatable bonds is 6. The SMILES string of the molecule is COCC1(Cc2ccccc2C)CCN(C(=O)[C@@H](N)CS)CC1.O=C(O)C(F)(F)F. The number of nitrogens with zero attached hydrogens (tertiary/aromatic N) is 1. The fourth-order valence-corrected chi connectivity index (χ4v) is 3.56. The molecular weight excluding hydrogens is 421 g/mol. The van der Waals surface area contributed by atoms with Crippen LogP contribution in [0.2, 0.25) is 0 Å². The van der Waals surface area contributed by atoms with Gasteiger partial charge in [0.1, 0.15) is 0 Å². The number of likely N-dealkylation sites (tertiary alicyclic amines) is 1. The molecule has 0 aliphatic carbocycles. The van der Waals surface area contributed by atoms with Crippen LogP contribution in [0, 0.1) is 12.3 Å². The molecule has 1 amide bonds. The number of benzene rings is 1. The summed E-state index contributed by atoms with van der Waals surface area (Å²) in [7, 11) is 1.76. The summed E-state index contributed by atoms with van der Waals surface area (Å²) in [5.74, 6) is -2.35. The van der Waals surface area contributed by atoms with Crippen LogP contribution in [0.1, 0.15) is 24.0 Å². The van der Waals surface area contributed by atoms with Crippen LogP contribution in [-0.4, -0.2) is 66.7 Å². The number of piperidine rings is 1. The first kappa shape index (κ1) is 26.3. The highest BCUT2D eigenvalue weighted by molar-refractivity contribution is 7.80. The smallest absolute Gasteiger partial charge is 0.475 e. The number of amides is 1. The lowest BCUT2D eigenvalue weighted by Crippen LogP contribution is -2.51. The summed E-state index contributed by atoms with van der Waals surface area (Å²) >= 11 is 4.13. The van der Waals surface area contributed by atoms with Crippen LogP contribution in [0.5, 0.6) is 0 Å². The molecule has 170 valence electrons. The number of hydrogen-bond acceptors (Lipinski definition) is 5. The Morgan fingerprint density at radius 1 is 1.30 bits per heavy atom. The number of methoxy groups -OCH3 is 1. The molecule has 6 nitrogen and oxygen atoms in total. The minimum absolute atomic E-state index is 0.0157. The second-order valence-corrected chi connectivity index (χ2v) is 7.82. The molecule has 0 unspecified atom stereocenters. The van der Waals surface area contributed by atoms with Crippen molar-refractivity contribution in [2.75, 3.05) is 32.6 Å². The van der Waals surface area contributed by atoms with E-state index in [4.69, 9.17) is 20.4 Å². The number of carbonyl (C=O) groups excluding carboxylic acids is 1. The number of ether oxygens (including phenoxy) is 1. The van der Waals surface area contributed by atoms with Gasteiger partial charge in [0.25, 0.3) is 0 Å². The molecule has 3 N–H and O–H groups in total. The average Bonchev–Trinajstić information content (AvgIpc) is 2.69. The molecule has 0 saturated carbocycles. The molecule has 1 aromatic carbocycles. The van der Waals surface area contributed by atoms with E-state index in [-0.39, 0.29) is 11.3 Å². The Hall–Kier alpha value is -1.78. The van der Waals surface area contributed by atoms with Gasteiger partial charge in [0.05, 0.1) is 12.6 Å². The van der Waals surface area contributed by atoms with Crippen LogP contribution >= 0.6 is 12.6 Å². The molecule has 1 atom stereocenters. The van der Waals surface area contributed by atoms with Crippen molar-refractivity contribution in [3.8, 4) is 0 Å². The van der Waals surface area contributed by atoms with E-state index in [1.165, 1.54) is 11.1 Å². The minimum Gasteiger partial charge on any atom is -0.475 e. The largest absolute Gasteiger partial charge is 0.490 e. The maximum atomic E-state index is 12.2. The standard InChI is InChI=1S/C18H28N2O2S.C2HF3O2/c1-14-5-3-4-6-15(14)11-18(13-22-2)7-9-20(10-8-18)17(21)16(19)12-23;3-2(4,5)1(6)7/h3-6,16,23H,7-13,19H2,1-2H3;(H,6,7)/t16-;/m0./s1. The molecule has 0 spiro atoms. The number of aliphatic carboxylic acids is 1. The Balaban J connectivity index is 0.000000553. The Morgan fingerprint density at radius 2 is 1.83 bits per heavy atom. The Morgan fingerprint density at radius 3 is 2.27 bits per heavy atom. The third kappa shape index (κ3) is 7.81. The Bertz CT molecular complexity index is 708. The van der Waals surface area contributed by atoms with E-state index in [0.29, 0.717) is 5.75 Å².